The highest BCUT2D eigenvalue weighted by Gasteiger charge is 2.23. The van der Waals surface area contributed by atoms with E-state index in [0.717, 1.165) is 44.7 Å². The van der Waals surface area contributed by atoms with Gasteiger partial charge in [-0.15, -0.1) is 0 Å². The van der Waals surface area contributed by atoms with Crippen LogP contribution in [-0.2, 0) is 11.3 Å². The number of benzene rings is 2. The van der Waals surface area contributed by atoms with E-state index < -0.39 is 5.91 Å². The SMILES string of the molecule is O=C(CC[NH+]1CC[NH+](Cc2ccccc2)CC1)NNC(=O)c1cc2ccccc2o1. The summed E-state index contributed by atoms with van der Waals surface area (Å²) in [7, 11) is 0. The average molecular weight is 409 g/mol. The topological polar surface area (TPSA) is 80.2 Å². The molecule has 2 heterocycles. The van der Waals surface area contributed by atoms with Gasteiger partial charge in [0.05, 0.1) is 13.0 Å². The van der Waals surface area contributed by atoms with Crippen LogP contribution >= 0.6 is 0 Å². The first kappa shape index (κ1) is 20.1. The summed E-state index contributed by atoms with van der Waals surface area (Å²) in [6, 6.07) is 19.6. The molecule has 0 aliphatic carbocycles. The Balaban J connectivity index is 1.15. The van der Waals surface area contributed by atoms with Crippen LogP contribution < -0.4 is 20.7 Å². The normalized spacial score (nSPS) is 18.8. The van der Waals surface area contributed by atoms with Crippen LogP contribution in [0.4, 0.5) is 0 Å². The molecule has 7 nitrogen and oxygen atoms in total. The summed E-state index contributed by atoms with van der Waals surface area (Å²) in [5.74, 6) is -0.462. The van der Waals surface area contributed by atoms with Gasteiger partial charge < -0.3 is 14.2 Å². The summed E-state index contributed by atoms with van der Waals surface area (Å²) >= 11 is 0. The number of carbonyl (C=O) groups is 2. The number of hydrazine groups is 1. The Bertz CT molecular complexity index is 961. The van der Waals surface area contributed by atoms with E-state index in [1.54, 1.807) is 17.0 Å². The van der Waals surface area contributed by atoms with E-state index >= 15 is 0 Å². The highest BCUT2D eigenvalue weighted by atomic mass is 16.3. The smallest absolute Gasteiger partial charge is 0.305 e. The lowest BCUT2D eigenvalue weighted by molar-refractivity contribution is -1.02. The third-order valence-electron chi connectivity index (χ3n) is 5.63. The summed E-state index contributed by atoms with van der Waals surface area (Å²) in [5.41, 5.74) is 6.94. The minimum atomic E-state index is -0.454. The number of fused-ring (bicyclic) bond motifs is 1. The molecule has 3 aromatic rings. The lowest BCUT2D eigenvalue weighted by Gasteiger charge is -2.29. The fourth-order valence-corrected chi connectivity index (χ4v) is 3.90. The van der Waals surface area contributed by atoms with Gasteiger partial charge in [-0.05, 0) is 12.1 Å². The van der Waals surface area contributed by atoms with E-state index in [9.17, 15) is 9.59 Å². The number of rotatable bonds is 6. The number of para-hydroxylation sites is 1. The number of amides is 2. The average Bonchev–Trinajstić information content (AvgIpc) is 3.22. The quantitative estimate of drug-likeness (QED) is 0.418. The fraction of sp³-hybridized carbons (Fsp3) is 0.304. The molecule has 1 aliphatic heterocycles. The summed E-state index contributed by atoms with van der Waals surface area (Å²) < 4.78 is 5.50. The van der Waals surface area contributed by atoms with Crippen molar-refractivity contribution in [1.82, 2.24) is 10.9 Å². The van der Waals surface area contributed by atoms with Gasteiger partial charge in [0.15, 0.2) is 5.76 Å². The van der Waals surface area contributed by atoms with Gasteiger partial charge in [-0.2, -0.15) is 0 Å². The van der Waals surface area contributed by atoms with Crippen LogP contribution in [0.15, 0.2) is 65.1 Å². The van der Waals surface area contributed by atoms with Gasteiger partial charge >= 0.3 is 5.91 Å². The monoisotopic (exact) mass is 408 g/mol. The maximum Gasteiger partial charge on any atom is 0.305 e. The van der Waals surface area contributed by atoms with Crippen LogP contribution in [0.1, 0.15) is 22.5 Å². The van der Waals surface area contributed by atoms with Crippen LogP contribution in [0.3, 0.4) is 0 Å². The minimum absolute atomic E-state index is 0.180. The van der Waals surface area contributed by atoms with Crippen LogP contribution in [0, 0.1) is 0 Å². The molecule has 1 fully saturated rings. The van der Waals surface area contributed by atoms with Crippen molar-refractivity contribution in [1.29, 1.82) is 0 Å². The molecule has 1 aromatic heterocycles. The first-order valence-electron chi connectivity index (χ1n) is 10.5. The second-order valence-electron chi connectivity index (χ2n) is 7.81. The van der Waals surface area contributed by atoms with Crippen molar-refractivity contribution >= 4 is 22.8 Å². The fourth-order valence-electron chi connectivity index (χ4n) is 3.90. The Kier molecular flexibility index (Phi) is 6.41. The molecule has 156 valence electrons. The van der Waals surface area contributed by atoms with Crippen molar-refractivity contribution < 1.29 is 23.8 Å². The summed E-state index contributed by atoms with van der Waals surface area (Å²) in [5, 5.41) is 0.853. The van der Waals surface area contributed by atoms with E-state index in [2.05, 4.69) is 35.1 Å². The molecule has 0 radical (unpaired) electrons. The molecular formula is C23H28N4O3+2. The first-order chi connectivity index (χ1) is 14.7. The molecule has 0 unspecified atom stereocenters. The number of hydrogen-bond acceptors (Lipinski definition) is 3. The van der Waals surface area contributed by atoms with Crippen LogP contribution in [0.2, 0.25) is 0 Å². The van der Waals surface area contributed by atoms with E-state index in [4.69, 9.17) is 4.42 Å². The van der Waals surface area contributed by atoms with Crippen LogP contribution in [0.5, 0.6) is 0 Å². The van der Waals surface area contributed by atoms with Gasteiger partial charge in [-0.3, -0.25) is 20.4 Å². The lowest BCUT2D eigenvalue weighted by Crippen LogP contribution is -3.27. The predicted molar refractivity (Wildman–Crippen MR) is 113 cm³/mol. The van der Waals surface area contributed by atoms with Crippen molar-refractivity contribution in [3.05, 3.63) is 72.0 Å². The van der Waals surface area contributed by atoms with E-state index in [1.165, 1.54) is 10.5 Å². The molecule has 1 saturated heterocycles. The number of piperazine rings is 1. The van der Waals surface area contributed by atoms with Crippen molar-refractivity contribution in [2.24, 2.45) is 0 Å². The Hall–Kier alpha value is -3.16. The highest BCUT2D eigenvalue weighted by Crippen LogP contribution is 2.18. The molecule has 1 aliphatic rings. The van der Waals surface area contributed by atoms with Gasteiger partial charge in [0, 0.05) is 10.9 Å². The van der Waals surface area contributed by atoms with E-state index in [0.29, 0.717) is 12.0 Å². The summed E-state index contributed by atoms with van der Waals surface area (Å²) in [6.45, 7) is 6.15. The molecule has 2 amide bonds. The predicted octanol–water partition coefficient (Wildman–Crippen LogP) is -0.432. The molecule has 4 rings (SSSR count). The largest absolute Gasteiger partial charge is 0.451 e. The van der Waals surface area contributed by atoms with Crippen molar-refractivity contribution in [3.63, 3.8) is 0 Å². The van der Waals surface area contributed by atoms with Gasteiger partial charge in [-0.25, -0.2) is 0 Å². The summed E-state index contributed by atoms with van der Waals surface area (Å²) in [4.78, 5) is 27.3. The zero-order chi connectivity index (χ0) is 20.8. The van der Waals surface area contributed by atoms with Crippen molar-refractivity contribution in [3.8, 4) is 0 Å². The van der Waals surface area contributed by atoms with E-state index in [-0.39, 0.29) is 11.7 Å². The molecule has 7 heteroatoms. The number of furan rings is 1. The minimum Gasteiger partial charge on any atom is -0.451 e. The second-order valence-corrected chi connectivity index (χ2v) is 7.81. The molecular weight excluding hydrogens is 380 g/mol. The second kappa shape index (κ2) is 9.56. The van der Waals surface area contributed by atoms with Crippen molar-refractivity contribution in [2.45, 2.75) is 13.0 Å². The maximum atomic E-state index is 12.2. The zero-order valence-corrected chi connectivity index (χ0v) is 16.9. The molecule has 2 aromatic carbocycles. The van der Waals surface area contributed by atoms with Crippen molar-refractivity contribution in [2.75, 3.05) is 32.7 Å². The van der Waals surface area contributed by atoms with Gasteiger partial charge in [0.25, 0.3) is 0 Å². The number of carbonyl (C=O) groups excluding carboxylic acids is 2. The number of nitrogens with one attached hydrogen (secondary N) is 4. The Labute approximate surface area is 175 Å². The van der Waals surface area contributed by atoms with Gasteiger partial charge in [-0.1, -0.05) is 48.5 Å². The lowest BCUT2D eigenvalue weighted by atomic mass is 10.2. The van der Waals surface area contributed by atoms with Gasteiger partial charge in [0.2, 0.25) is 5.91 Å². The molecule has 4 N–H and O–H groups in total. The third-order valence-corrected chi connectivity index (χ3v) is 5.63. The third kappa shape index (κ3) is 5.25. The summed E-state index contributed by atoms with van der Waals surface area (Å²) in [6.07, 6.45) is 0.379. The number of quaternary nitrogens is 2. The molecule has 0 spiro atoms. The first-order valence-corrected chi connectivity index (χ1v) is 10.5. The molecule has 0 bridgehead atoms. The molecule has 0 atom stereocenters. The Morgan fingerprint density at radius 3 is 2.33 bits per heavy atom. The standard InChI is InChI=1S/C23H26N4O3/c28-22(24-25-23(29)21-16-19-8-4-5-9-20(19)30-21)10-11-26-12-14-27(15-13-26)17-18-6-2-1-3-7-18/h1-9,16H,10-15,17H2,(H,24,28)(H,25,29)/p+2. The van der Waals surface area contributed by atoms with Gasteiger partial charge in [0.1, 0.15) is 38.3 Å². The van der Waals surface area contributed by atoms with Crippen LogP contribution in [-0.4, -0.2) is 44.5 Å². The van der Waals surface area contributed by atoms with Crippen LogP contribution in [0.25, 0.3) is 11.0 Å². The molecule has 0 saturated carbocycles. The molecule has 30 heavy (non-hydrogen) atoms. The van der Waals surface area contributed by atoms with E-state index in [1.807, 2.05) is 24.3 Å². The zero-order valence-electron chi connectivity index (χ0n) is 16.9. The Morgan fingerprint density at radius 2 is 1.57 bits per heavy atom. The Morgan fingerprint density at radius 1 is 0.867 bits per heavy atom. The maximum absolute atomic E-state index is 12.2. The highest BCUT2D eigenvalue weighted by molar-refractivity contribution is 5.96. The number of hydrogen-bond donors (Lipinski definition) is 4.